The van der Waals surface area contributed by atoms with Gasteiger partial charge in [-0.05, 0) is 18.6 Å². The molecule has 2 heterocycles. The van der Waals surface area contributed by atoms with E-state index in [1.807, 2.05) is 6.92 Å². The van der Waals surface area contributed by atoms with Gasteiger partial charge in [-0.1, -0.05) is 12.0 Å². The quantitative estimate of drug-likeness (QED) is 0.715. The molecule has 1 unspecified atom stereocenters. The van der Waals surface area contributed by atoms with E-state index >= 15 is 0 Å². The topological polar surface area (TPSA) is 121 Å². The zero-order valence-corrected chi connectivity index (χ0v) is 10.6. The van der Waals surface area contributed by atoms with Crippen LogP contribution in [0, 0.1) is 0 Å². The summed E-state index contributed by atoms with van der Waals surface area (Å²) in [5.41, 5.74) is 0.179. The Balaban J connectivity index is 2.07. The molecule has 100 valence electrons. The zero-order chi connectivity index (χ0) is 13.7. The molecule has 0 radical (unpaired) electrons. The highest BCUT2D eigenvalue weighted by Crippen LogP contribution is 2.06. The predicted octanol–water partition coefficient (Wildman–Crippen LogP) is 0.452. The molecule has 19 heavy (non-hydrogen) atoms. The molecule has 0 aliphatic rings. The van der Waals surface area contributed by atoms with Crippen LogP contribution in [0.1, 0.15) is 30.8 Å². The molecule has 0 saturated carbocycles. The van der Waals surface area contributed by atoms with Gasteiger partial charge in [0.25, 0.3) is 11.9 Å². The molecule has 0 aromatic carbocycles. The molecule has 0 bridgehead atoms. The van der Waals surface area contributed by atoms with Crippen molar-refractivity contribution in [2.75, 3.05) is 10.6 Å². The monoisotopic (exact) mass is 262 g/mol. The molecule has 1 atom stereocenters. The first kappa shape index (κ1) is 12.9. The lowest BCUT2D eigenvalue weighted by Crippen LogP contribution is -2.18. The van der Waals surface area contributed by atoms with Crippen LogP contribution in [-0.2, 0) is 0 Å². The predicted molar refractivity (Wildman–Crippen MR) is 67.5 cm³/mol. The van der Waals surface area contributed by atoms with Crippen molar-refractivity contribution in [1.29, 1.82) is 0 Å². The number of aromatic amines is 1. The van der Waals surface area contributed by atoms with Crippen molar-refractivity contribution in [3.8, 4) is 0 Å². The third-order valence-corrected chi connectivity index (χ3v) is 2.44. The van der Waals surface area contributed by atoms with Gasteiger partial charge in [0.2, 0.25) is 0 Å². The molecular formula is C10H14N8O. The van der Waals surface area contributed by atoms with Crippen molar-refractivity contribution in [3.05, 3.63) is 18.1 Å². The van der Waals surface area contributed by atoms with E-state index in [2.05, 4.69) is 48.1 Å². The summed E-state index contributed by atoms with van der Waals surface area (Å²) in [6.07, 6.45) is 3.88. The first-order valence-corrected chi connectivity index (χ1v) is 5.82. The lowest BCUT2D eigenvalue weighted by Gasteiger charge is -2.11. The molecule has 2 rings (SSSR count). The maximum Gasteiger partial charge on any atom is 0.278 e. The van der Waals surface area contributed by atoms with Gasteiger partial charge in [-0.25, -0.2) is 4.98 Å². The third-order valence-electron chi connectivity index (χ3n) is 2.44. The second-order valence-corrected chi connectivity index (χ2v) is 3.93. The minimum absolute atomic E-state index is 0.0899. The van der Waals surface area contributed by atoms with Crippen LogP contribution in [0.3, 0.4) is 0 Å². The average molecular weight is 262 g/mol. The normalized spacial score (nSPS) is 11.9. The Kier molecular flexibility index (Phi) is 3.96. The number of hydrogen-bond acceptors (Lipinski definition) is 7. The highest BCUT2D eigenvalue weighted by atomic mass is 16.2. The molecule has 0 aliphatic heterocycles. The third kappa shape index (κ3) is 3.44. The molecule has 3 N–H and O–H groups in total. The largest absolute Gasteiger partial charge is 0.366 e. The Morgan fingerprint density at radius 1 is 1.47 bits per heavy atom. The Bertz CT molecular complexity index is 540. The van der Waals surface area contributed by atoms with E-state index in [4.69, 9.17) is 0 Å². The maximum atomic E-state index is 11.9. The highest BCUT2D eigenvalue weighted by Gasteiger charge is 2.11. The number of carbonyl (C=O) groups is 1. The molecule has 1 amide bonds. The number of hydrogen-bond donors (Lipinski definition) is 3. The minimum Gasteiger partial charge on any atom is -0.366 e. The van der Waals surface area contributed by atoms with Crippen molar-refractivity contribution < 1.29 is 4.79 Å². The van der Waals surface area contributed by atoms with Crippen LogP contribution in [-0.4, -0.2) is 42.5 Å². The Labute approximate surface area is 109 Å². The molecule has 2 aromatic rings. The van der Waals surface area contributed by atoms with Crippen LogP contribution < -0.4 is 10.6 Å². The van der Waals surface area contributed by atoms with Gasteiger partial charge in [0.1, 0.15) is 11.5 Å². The summed E-state index contributed by atoms with van der Waals surface area (Å²) >= 11 is 0. The lowest BCUT2D eigenvalue weighted by atomic mass is 10.2. The summed E-state index contributed by atoms with van der Waals surface area (Å²) in [5.74, 6) is 0.198. The first-order valence-electron chi connectivity index (χ1n) is 5.82. The summed E-state index contributed by atoms with van der Waals surface area (Å²) in [5, 5.41) is 18.4. The fourth-order valence-electron chi connectivity index (χ4n) is 1.28. The molecule has 0 aliphatic carbocycles. The van der Waals surface area contributed by atoms with E-state index in [-0.39, 0.29) is 17.7 Å². The minimum atomic E-state index is -0.443. The van der Waals surface area contributed by atoms with Crippen LogP contribution >= 0.6 is 0 Å². The van der Waals surface area contributed by atoms with Gasteiger partial charge < -0.3 is 5.32 Å². The number of carbonyl (C=O) groups excluding carboxylic acids is 1. The fraction of sp³-hybridized carbons (Fsp3) is 0.400. The van der Waals surface area contributed by atoms with E-state index in [1.54, 1.807) is 6.20 Å². The van der Waals surface area contributed by atoms with E-state index in [9.17, 15) is 4.79 Å². The number of tetrazole rings is 1. The molecule has 0 spiro atoms. The van der Waals surface area contributed by atoms with Crippen molar-refractivity contribution in [3.63, 3.8) is 0 Å². The Morgan fingerprint density at radius 3 is 3.00 bits per heavy atom. The van der Waals surface area contributed by atoms with E-state index < -0.39 is 5.91 Å². The van der Waals surface area contributed by atoms with Gasteiger partial charge in [-0.3, -0.25) is 15.1 Å². The van der Waals surface area contributed by atoms with Crippen molar-refractivity contribution in [1.82, 2.24) is 30.6 Å². The number of amides is 1. The van der Waals surface area contributed by atoms with Gasteiger partial charge in [0.05, 0.1) is 12.4 Å². The van der Waals surface area contributed by atoms with E-state index in [0.29, 0.717) is 5.82 Å². The summed E-state index contributed by atoms with van der Waals surface area (Å²) in [4.78, 5) is 20.0. The zero-order valence-electron chi connectivity index (χ0n) is 10.6. The molecule has 9 nitrogen and oxygen atoms in total. The Morgan fingerprint density at radius 2 is 2.32 bits per heavy atom. The van der Waals surface area contributed by atoms with Crippen LogP contribution in [0.4, 0.5) is 11.8 Å². The second-order valence-electron chi connectivity index (χ2n) is 3.93. The van der Waals surface area contributed by atoms with Crippen LogP contribution in [0.25, 0.3) is 0 Å². The average Bonchev–Trinajstić information content (AvgIpc) is 2.91. The Hall–Kier alpha value is -2.58. The first-order chi connectivity index (χ1) is 9.19. The van der Waals surface area contributed by atoms with Gasteiger partial charge in [-0.2, -0.15) is 5.21 Å². The standard InChI is InChI=1S/C10H14N8O/c1-3-6(2)12-8-5-11-4-7(13-8)9(19)14-10-15-17-18-16-10/h4-6H,3H2,1-2H3,(H,12,13)(H2,14,15,16,17,18,19). The highest BCUT2D eigenvalue weighted by molar-refractivity contribution is 6.01. The number of anilines is 2. The van der Waals surface area contributed by atoms with Crippen LogP contribution in [0.2, 0.25) is 0 Å². The maximum absolute atomic E-state index is 11.9. The molecular weight excluding hydrogens is 248 g/mol. The van der Waals surface area contributed by atoms with Crippen molar-refractivity contribution in [2.24, 2.45) is 0 Å². The van der Waals surface area contributed by atoms with Crippen LogP contribution in [0.15, 0.2) is 12.4 Å². The summed E-state index contributed by atoms with van der Waals surface area (Å²) < 4.78 is 0. The summed E-state index contributed by atoms with van der Waals surface area (Å²) in [7, 11) is 0. The van der Waals surface area contributed by atoms with Crippen molar-refractivity contribution in [2.45, 2.75) is 26.3 Å². The lowest BCUT2D eigenvalue weighted by molar-refractivity contribution is 0.102. The van der Waals surface area contributed by atoms with Crippen LogP contribution in [0.5, 0.6) is 0 Å². The number of nitrogens with one attached hydrogen (secondary N) is 3. The summed E-state index contributed by atoms with van der Waals surface area (Å²) in [6.45, 7) is 4.08. The van der Waals surface area contributed by atoms with Crippen molar-refractivity contribution >= 4 is 17.7 Å². The number of nitrogens with zero attached hydrogens (tertiary/aromatic N) is 5. The fourth-order valence-corrected chi connectivity index (χ4v) is 1.28. The smallest absolute Gasteiger partial charge is 0.278 e. The molecule has 0 saturated heterocycles. The SMILES string of the molecule is CCC(C)Nc1cncc(C(=O)Nc2nn[nH]n2)n1. The van der Waals surface area contributed by atoms with Gasteiger partial charge in [0.15, 0.2) is 0 Å². The van der Waals surface area contributed by atoms with E-state index in [1.165, 1.54) is 6.20 Å². The molecule has 2 aromatic heterocycles. The molecule has 0 fully saturated rings. The van der Waals surface area contributed by atoms with Gasteiger partial charge >= 0.3 is 0 Å². The number of rotatable bonds is 5. The number of H-pyrrole nitrogens is 1. The molecule has 9 heteroatoms. The van der Waals surface area contributed by atoms with E-state index in [0.717, 1.165) is 6.42 Å². The van der Waals surface area contributed by atoms with Gasteiger partial charge in [-0.15, -0.1) is 5.10 Å². The second kappa shape index (κ2) is 5.85. The summed E-state index contributed by atoms with van der Waals surface area (Å²) in [6, 6.07) is 0.254. The number of aromatic nitrogens is 6. The van der Waals surface area contributed by atoms with Gasteiger partial charge in [0, 0.05) is 6.04 Å².